The first-order chi connectivity index (χ1) is 6.43. The van der Waals surface area contributed by atoms with E-state index in [0.717, 1.165) is 16.7 Å². The van der Waals surface area contributed by atoms with Crippen molar-refractivity contribution in [3.8, 4) is 5.75 Å². The lowest BCUT2D eigenvalue weighted by atomic mass is 9.97. The number of carboxylic acids is 1. The number of aromatic hydroxyl groups is 1. The third-order valence-corrected chi connectivity index (χ3v) is 2.47. The Morgan fingerprint density at radius 2 is 1.86 bits per heavy atom. The number of aryl methyl sites for hydroxylation is 2. The summed E-state index contributed by atoms with van der Waals surface area (Å²) in [4.78, 5) is 10.6. The van der Waals surface area contributed by atoms with Crippen LogP contribution in [-0.2, 0) is 11.2 Å². The predicted molar refractivity (Wildman–Crippen MR) is 53.7 cm³/mol. The molecular weight excluding hydrogens is 180 g/mol. The number of hydrogen-bond donors (Lipinski definition) is 2. The van der Waals surface area contributed by atoms with Crippen LogP contribution in [0.1, 0.15) is 22.3 Å². The monoisotopic (exact) mass is 194 g/mol. The molecule has 2 N–H and O–H groups in total. The molecule has 0 aliphatic heterocycles. The molecule has 0 aliphatic carbocycles. The zero-order valence-corrected chi connectivity index (χ0v) is 8.59. The maximum absolute atomic E-state index is 10.6. The van der Waals surface area contributed by atoms with Crippen molar-refractivity contribution in [1.82, 2.24) is 0 Å². The molecule has 1 aromatic carbocycles. The number of carboxylic acid groups (broad SMARTS) is 1. The van der Waals surface area contributed by atoms with Crippen molar-refractivity contribution in [2.75, 3.05) is 0 Å². The van der Waals surface area contributed by atoms with Gasteiger partial charge in [-0.1, -0.05) is 6.07 Å². The third-order valence-electron chi connectivity index (χ3n) is 2.47. The fraction of sp³-hybridized carbons (Fsp3) is 0.364. The van der Waals surface area contributed by atoms with E-state index in [9.17, 15) is 9.90 Å². The molecule has 0 saturated heterocycles. The minimum Gasteiger partial charge on any atom is -0.507 e. The standard InChI is InChI=1S/C11H14O3/c1-6-4-7(2)9(5-10(12)13)11(14)8(6)3/h4,14H,5H2,1-3H3,(H,12,13). The van der Waals surface area contributed by atoms with Gasteiger partial charge in [-0.25, -0.2) is 0 Å². The fourth-order valence-corrected chi connectivity index (χ4v) is 1.49. The first-order valence-electron chi connectivity index (χ1n) is 4.44. The Hall–Kier alpha value is -1.51. The highest BCUT2D eigenvalue weighted by Gasteiger charge is 2.13. The van der Waals surface area contributed by atoms with Gasteiger partial charge in [0.15, 0.2) is 0 Å². The molecular formula is C11H14O3. The molecule has 0 amide bonds. The normalized spacial score (nSPS) is 10.2. The maximum atomic E-state index is 10.6. The maximum Gasteiger partial charge on any atom is 0.307 e. The Bertz CT molecular complexity index is 381. The van der Waals surface area contributed by atoms with Gasteiger partial charge in [0, 0.05) is 5.56 Å². The molecule has 0 aliphatic rings. The van der Waals surface area contributed by atoms with Crippen LogP contribution in [0.3, 0.4) is 0 Å². The average molecular weight is 194 g/mol. The Morgan fingerprint density at radius 1 is 1.29 bits per heavy atom. The van der Waals surface area contributed by atoms with Gasteiger partial charge < -0.3 is 10.2 Å². The number of rotatable bonds is 2. The molecule has 0 unspecified atom stereocenters. The minimum atomic E-state index is -0.924. The van der Waals surface area contributed by atoms with E-state index in [-0.39, 0.29) is 12.2 Å². The highest BCUT2D eigenvalue weighted by molar-refractivity contribution is 5.72. The summed E-state index contributed by atoms with van der Waals surface area (Å²) in [5.74, 6) is -0.809. The molecule has 0 bridgehead atoms. The zero-order chi connectivity index (χ0) is 10.9. The predicted octanol–water partition coefficient (Wildman–Crippen LogP) is 1.94. The summed E-state index contributed by atoms with van der Waals surface area (Å²) in [5.41, 5.74) is 3.08. The second kappa shape index (κ2) is 3.70. The van der Waals surface area contributed by atoms with Gasteiger partial charge in [0.2, 0.25) is 0 Å². The Kier molecular flexibility index (Phi) is 2.79. The zero-order valence-electron chi connectivity index (χ0n) is 8.59. The summed E-state index contributed by atoms with van der Waals surface area (Å²) in [7, 11) is 0. The first kappa shape index (κ1) is 10.6. The van der Waals surface area contributed by atoms with Gasteiger partial charge in [0.05, 0.1) is 6.42 Å². The number of hydrogen-bond acceptors (Lipinski definition) is 2. The molecule has 0 saturated carbocycles. The van der Waals surface area contributed by atoms with Gasteiger partial charge in [-0.15, -0.1) is 0 Å². The highest BCUT2D eigenvalue weighted by Crippen LogP contribution is 2.28. The quantitative estimate of drug-likeness (QED) is 0.756. The Labute approximate surface area is 83.0 Å². The lowest BCUT2D eigenvalue weighted by Gasteiger charge is -2.11. The summed E-state index contributed by atoms with van der Waals surface area (Å²) >= 11 is 0. The number of benzene rings is 1. The van der Waals surface area contributed by atoms with E-state index in [0.29, 0.717) is 5.56 Å². The van der Waals surface area contributed by atoms with Crippen LogP contribution < -0.4 is 0 Å². The van der Waals surface area contributed by atoms with Crippen LogP contribution in [-0.4, -0.2) is 16.2 Å². The average Bonchev–Trinajstić information content (AvgIpc) is 2.09. The van der Waals surface area contributed by atoms with Crippen molar-refractivity contribution in [3.05, 3.63) is 28.3 Å². The van der Waals surface area contributed by atoms with E-state index in [1.54, 1.807) is 6.92 Å². The van der Waals surface area contributed by atoms with Crippen molar-refractivity contribution in [1.29, 1.82) is 0 Å². The molecule has 3 nitrogen and oxygen atoms in total. The van der Waals surface area contributed by atoms with E-state index < -0.39 is 5.97 Å². The van der Waals surface area contributed by atoms with E-state index in [2.05, 4.69) is 0 Å². The van der Waals surface area contributed by atoms with Gasteiger partial charge in [0.25, 0.3) is 0 Å². The largest absolute Gasteiger partial charge is 0.507 e. The number of aliphatic carboxylic acids is 1. The third kappa shape index (κ3) is 1.87. The van der Waals surface area contributed by atoms with Crippen molar-refractivity contribution >= 4 is 5.97 Å². The molecule has 1 rings (SSSR count). The Balaban J connectivity index is 3.29. The SMILES string of the molecule is Cc1cc(C)c(CC(=O)O)c(O)c1C. The molecule has 0 fully saturated rings. The number of carbonyl (C=O) groups is 1. The van der Waals surface area contributed by atoms with E-state index in [1.165, 1.54) is 0 Å². The molecule has 1 aromatic rings. The molecule has 0 heterocycles. The van der Waals surface area contributed by atoms with E-state index in [1.807, 2.05) is 19.9 Å². The van der Waals surface area contributed by atoms with Crippen LogP contribution in [0.5, 0.6) is 5.75 Å². The van der Waals surface area contributed by atoms with Gasteiger partial charge in [-0.3, -0.25) is 4.79 Å². The van der Waals surface area contributed by atoms with Gasteiger partial charge in [-0.2, -0.15) is 0 Å². The molecule has 0 aromatic heterocycles. The van der Waals surface area contributed by atoms with Crippen molar-refractivity contribution in [3.63, 3.8) is 0 Å². The van der Waals surface area contributed by atoms with Crippen LogP contribution in [0.2, 0.25) is 0 Å². The second-order valence-electron chi connectivity index (χ2n) is 3.53. The van der Waals surface area contributed by atoms with Crippen LogP contribution in [0.15, 0.2) is 6.07 Å². The first-order valence-corrected chi connectivity index (χ1v) is 4.44. The topological polar surface area (TPSA) is 57.5 Å². The fourth-order valence-electron chi connectivity index (χ4n) is 1.49. The smallest absolute Gasteiger partial charge is 0.307 e. The van der Waals surface area contributed by atoms with Crippen LogP contribution >= 0.6 is 0 Å². The van der Waals surface area contributed by atoms with Crippen LogP contribution in [0.25, 0.3) is 0 Å². The lowest BCUT2D eigenvalue weighted by Crippen LogP contribution is -2.03. The second-order valence-corrected chi connectivity index (χ2v) is 3.53. The molecule has 14 heavy (non-hydrogen) atoms. The molecule has 76 valence electrons. The van der Waals surface area contributed by atoms with Crippen LogP contribution in [0, 0.1) is 20.8 Å². The molecule has 0 radical (unpaired) electrons. The number of phenols is 1. The summed E-state index contributed by atoms with van der Waals surface area (Å²) in [6.45, 7) is 5.49. The summed E-state index contributed by atoms with van der Waals surface area (Å²) < 4.78 is 0. The Morgan fingerprint density at radius 3 is 2.36 bits per heavy atom. The van der Waals surface area contributed by atoms with Crippen molar-refractivity contribution in [2.45, 2.75) is 27.2 Å². The number of phenolic OH excluding ortho intramolecular Hbond substituents is 1. The van der Waals surface area contributed by atoms with Crippen LogP contribution in [0.4, 0.5) is 0 Å². The van der Waals surface area contributed by atoms with Crippen molar-refractivity contribution < 1.29 is 15.0 Å². The van der Waals surface area contributed by atoms with E-state index in [4.69, 9.17) is 5.11 Å². The summed E-state index contributed by atoms with van der Waals surface area (Å²) in [6, 6.07) is 1.90. The summed E-state index contributed by atoms with van der Waals surface area (Å²) in [5, 5.41) is 18.4. The highest BCUT2D eigenvalue weighted by atomic mass is 16.4. The van der Waals surface area contributed by atoms with Gasteiger partial charge in [0.1, 0.15) is 5.75 Å². The minimum absolute atomic E-state index is 0.116. The van der Waals surface area contributed by atoms with Gasteiger partial charge in [-0.05, 0) is 37.5 Å². The summed E-state index contributed by atoms with van der Waals surface area (Å²) in [6.07, 6.45) is -0.126. The lowest BCUT2D eigenvalue weighted by molar-refractivity contribution is -0.136. The van der Waals surface area contributed by atoms with E-state index >= 15 is 0 Å². The molecule has 3 heteroatoms. The molecule has 0 spiro atoms. The van der Waals surface area contributed by atoms with Crippen molar-refractivity contribution in [2.24, 2.45) is 0 Å². The van der Waals surface area contributed by atoms with Gasteiger partial charge >= 0.3 is 5.97 Å². The molecule has 0 atom stereocenters.